The zero-order chi connectivity index (χ0) is 32.8. The summed E-state index contributed by atoms with van der Waals surface area (Å²) in [6, 6.07) is 2.93. The van der Waals surface area contributed by atoms with Crippen LogP contribution in [0.3, 0.4) is 0 Å². The van der Waals surface area contributed by atoms with Crippen molar-refractivity contribution in [2.24, 2.45) is 0 Å². The van der Waals surface area contributed by atoms with Crippen molar-refractivity contribution >= 4 is 22.3 Å². The molecular formula is C29H28F7N7O2. The molecule has 1 saturated heterocycles. The van der Waals surface area contributed by atoms with Crippen molar-refractivity contribution in [3.8, 4) is 11.4 Å². The van der Waals surface area contributed by atoms with Crippen LogP contribution >= 0.6 is 0 Å². The Hall–Kier alpha value is -4.50. The number of hydrogen-bond donors (Lipinski definition) is 2. The molecule has 1 unspecified atom stereocenters. The van der Waals surface area contributed by atoms with Gasteiger partial charge in [0.05, 0.1) is 22.8 Å². The number of aromatic amines is 1. The highest BCUT2D eigenvalue weighted by molar-refractivity contribution is 5.86. The summed E-state index contributed by atoms with van der Waals surface area (Å²) >= 11 is 0. The lowest BCUT2D eigenvalue weighted by molar-refractivity contribution is -0.138. The molecule has 1 aliphatic heterocycles. The highest BCUT2D eigenvalue weighted by atomic mass is 19.4. The van der Waals surface area contributed by atoms with E-state index in [0.717, 1.165) is 12.3 Å². The number of aryl methyl sites for hydroxylation is 1. The summed E-state index contributed by atoms with van der Waals surface area (Å²) in [5.41, 5.74) is -4.95. The lowest BCUT2D eigenvalue weighted by atomic mass is 9.95. The number of pyridine rings is 1. The number of alkyl halides is 6. The molecule has 240 valence electrons. The minimum absolute atomic E-state index is 0.0199. The first-order valence-corrected chi connectivity index (χ1v) is 14.0. The third-order valence-corrected chi connectivity index (χ3v) is 7.83. The fourth-order valence-corrected chi connectivity index (χ4v) is 5.68. The van der Waals surface area contributed by atoms with Gasteiger partial charge in [0.15, 0.2) is 5.82 Å². The van der Waals surface area contributed by atoms with Gasteiger partial charge in [0.1, 0.15) is 22.8 Å². The fourth-order valence-electron chi connectivity index (χ4n) is 5.68. The SMILES string of the molecule is CC(CCCn1ccc2cc(-c3ncc(C(F)(F)F)c(N4[C@H](C)C[C@@H]4C)n3)c(F)cc2c1=O)Nc1cn[nH]c(=O)c1C(F)(F)F. The van der Waals surface area contributed by atoms with Gasteiger partial charge in [-0.05, 0) is 63.6 Å². The molecule has 2 N–H and O–H groups in total. The topological polar surface area (TPSA) is 109 Å². The van der Waals surface area contributed by atoms with Gasteiger partial charge < -0.3 is 14.8 Å². The van der Waals surface area contributed by atoms with E-state index >= 15 is 4.39 Å². The van der Waals surface area contributed by atoms with Gasteiger partial charge in [-0.15, -0.1) is 0 Å². The summed E-state index contributed by atoms with van der Waals surface area (Å²) in [5.74, 6) is -1.47. The normalized spacial score (nSPS) is 17.8. The van der Waals surface area contributed by atoms with Crippen LogP contribution < -0.4 is 21.3 Å². The lowest BCUT2D eigenvalue weighted by Gasteiger charge is -2.47. The van der Waals surface area contributed by atoms with Gasteiger partial charge >= 0.3 is 12.4 Å². The maximum absolute atomic E-state index is 15.4. The molecule has 3 atom stereocenters. The molecule has 0 spiro atoms. The van der Waals surface area contributed by atoms with Crippen LogP contribution in [0.2, 0.25) is 0 Å². The number of nitrogens with one attached hydrogen (secondary N) is 2. The van der Waals surface area contributed by atoms with Gasteiger partial charge in [-0.1, -0.05) is 0 Å². The van der Waals surface area contributed by atoms with Crippen molar-refractivity contribution in [1.82, 2.24) is 24.7 Å². The van der Waals surface area contributed by atoms with E-state index < -0.39 is 52.1 Å². The van der Waals surface area contributed by atoms with Crippen LogP contribution in [0, 0.1) is 5.82 Å². The van der Waals surface area contributed by atoms with Crippen LogP contribution in [-0.4, -0.2) is 42.9 Å². The van der Waals surface area contributed by atoms with Gasteiger partial charge in [0, 0.05) is 37.1 Å². The number of fused-ring (bicyclic) bond motifs is 1. The molecule has 9 nitrogen and oxygen atoms in total. The molecule has 1 aliphatic rings. The summed E-state index contributed by atoms with van der Waals surface area (Å²) < 4.78 is 97.9. The second kappa shape index (κ2) is 11.8. The average Bonchev–Trinajstić information content (AvgIpc) is 2.93. The predicted molar refractivity (Wildman–Crippen MR) is 152 cm³/mol. The average molecular weight is 640 g/mol. The zero-order valence-corrected chi connectivity index (χ0v) is 24.2. The molecule has 45 heavy (non-hydrogen) atoms. The molecule has 0 radical (unpaired) electrons. The maximum atomic E-state index is 15.4. The molecule has 0 bridgehead atoms. The first-order valence-electron chi connectivity index (χ1n) is 14.0. The largest absolute Gasteiger partial charge is 0.423 e. The molecule has 0 amide bonds. The second-order valence-electron chi connectivity index (χ2n) is 11.2. The fraction of sp³-hybridized carbons (Fsp3) is 0.414. The molecule has 0 aliphatic carbocycles. The minimum atomic E-state index is -4.89. The molecule has 1 aromatic carbocycles. The van der Waals surface area contributed by atoms with E-state index in [-0.39, 0.29) is 41.2 Å². The summed E-state index contributed by atoms with van der Waals surface area (Å²) in [7, 11) is 0. The number of halogens is 7. The summed E-state index contributed by atoms with van der Waals surface area (Å²) in [5, 5.41) is 8.16. The van der Waals surface area contributed by atoms with Crippen LogP contribution in [-0.2, 0) is 18.9 Å². The van der Waals surface area contributed by atoms with Crippen LogP contribution in [0.1, 0.15) is 51.2 Å². The van der Waals surface area contributed by atoms with E-state index in [1.54, 1.807) is 31.9 Å². The summed E-state index contributed by atoms with van der Waals surface area (Å²) in [6.45, 7) is 5.31. The van der Waals surface area contributed by atoms with Crippen LogP contribution in [0.25, 0.3) is 22.2 Å². The van der Waals surface area contributed by atoms with Crippen molar-refractivity contribution in [3.05, 3.63) is 74.4 Å². The Bertz CT molecular complexity index is 1840. The quantitative estimate of drug-likeness (QED) is 0.228. The lowest BCUT2D eigenvalue weighted by Crippen LogP contribution is -2.54. The van der Waals surface area contributed by atoms with Crippen LogP contribution in [0.5, 0.6) is 0 Å². The Balaban J connectivity index is 1.35. The predicted octanol–water partition coefficient (Wildman–Crippen LogP) is 5.99. The van der Waals surface area contributed by atoms with Crippen molar-refractivity contribution < 1.29 is 30.7 Å². The van der Waals surface area contributed by atoms with Gasteiger partial charge in [0.2, 0.25) is 0 Å². The highest BCUT2D eigenvalue weighted by Crippen LogP contribution is 2.41. The number of nitrogens with zero attached hydrogens (tertiary/aromatic N) is 5. The molecule has 1 fully saturated rings. The number of hydrogen-bond acceptors (Lipinski definition) is 7. The molecule has 5 rings (SSSR count). The van der Waals surface area contributed by atoms with Crippen LogP contribution in [0.4, 0.5) is 42.2 Å². The molecule has 0 saturated carbocycles. The summed E-state index contributed by atoms with van der Waals surface area (Å²) in [4.78, 5) is 34.3. The number of H-pyrrole nitrogens is 1. The van der Waals surface area contributed by atoms with Gasteiger partial charge in [-0.3, -0.25) is 9.59 Å². The Morgan fingerprint density at radius 3 is 2.42 bits per heavy atom. The van der Waals surface area contributed by atoms with Gasteiger partial charge in [0.25, 0.3) is 11.1 Å². The summed E-state index contributed by atoms with van der Waals surface area (Å²) in [6.07, 6.45) is -5.30. The molecular weight excluding hydrogens is 611 g/mol. The van der Waals surface area contributed by atoms with Gasteiger partial charge in [-0.25, -0.2) is 19.5 Å². The third-order valence-electron chi connectivity index (χ3n) is 7.83. The van der Waals surface area contributed by atoms with E-state index in [1.165, 1.54) is 21.7 Å². The maximum Gasteiger partial charge on any atom is 0.423 e. The number of aromatic nitrogens is 5. The zero-order valence-electron chi connectivity index (χ0n) is 24.2. The second-order valence-corrected chi connectivity index (χ2v) is 11.2. The van der Waals surface area contributed by atoms with Crippen molar-refractivity contribution in [1.29, 1.82) is 0 Å². The van der Waals surface area contributed by atoms with E-state index in [1.807, 2.05) is 0 Å². The Morgan fingerprint density at radius 1 is 1.07 bits per heavy atom. The number of rotatable bonds is 8. The van der Waals surface area contributed by atoms with E-state index in [0.29, 0.717) is 30.8 Å². The molecule has 4 heterocycles. The third kappa shape index (κ3) is 6.35. The number of benzene rings is 1. The molecule has 3 aromatic heterocycles. The molecule has 16 heteroatoms. The standard InChI is InChI=1S/C29H28F7N7O2/c1-14(39-22-13-38-41-26(44)23(22)29(34,35)36)5-4-7-42-8-6-17-10-19(21(30)11-18(17)27(42)45)24-37-12-20(28(31,32)33)25(40-24)43-15(2)9-16(43)3/h6,8,10-16H,4-5,7,9H2,1-3H3,(H2,39,41,44)/t14?,15-,16+. The first-order chi connectivity index (χ1) is 21.1. The van der Waals surface area contributed by atoms with Crippen molar-refractivity contribution in [3.63, 3.8) is 0 Å². The van der Waals surface area contributed by atoms with Crippen molar-refractivity contribution in [2.75, 3.05) is 10.2 Å². The smallest absolute Gasteiger partial charge is 0.381 e. The van der Waals surface area contributed by atoms with Crippen LogP contribution in [0.15, 0.2) is 46.4 Å². The van der Waals surface area contributed by atoms with E-state index in [4.69, 9.17) is 0 Å². The first kappa shape index (κ1) is 31.9. The molecule has 4 aromatic rings. The monoisotopic (exact) mass is 639 g/mol. The highest BCUT2D eigenvalue weighted by Gasteiger charge is 2.42. The van der Waals surface area contributed by atoms with E-state index in [9.17, 15) is 35.9 Å². The van der Waals surface area contributed by atoms with Gasteiger partial charge in [-0.2, -0.15) is 31.4 Å². The van der Waals surface area contributed by atoms with E-state index in [2.05, 4.69) is 20.4 Å². The Morgan fingerprint density at radius 2 is 1.78 bits per heavy atom. The minimum Gasteiger partial charge on any atom is -0.381 e. The Labute approximate surface area is 251 Å². The van der Waals surface area contributed by atoms with Crippen molar-refractivity contribution in [2.45, 2.75) is 77.1 Å². The Kier molecular flexibility index (Phi) is 8.35. The number of anilines is 2.